The van der Waals surface area contributed by atoms with Crippen molar-refractivity contribution in [1.82, 2.24) is 9.55 Å². The van der Waals surface area contributed by atoms with Crippen molar-refractivity contribution < 1.29 is 26.4 Å². The van der Waals surface area contributed by atoms with Crippen molar-refractivity contribution in [2.45, 2.75) is 29.2 Å². The molecule has 2 aromatic carbocycles. The van der Waals surface area contributed by atoms with Crippen LogP contribution in [0.15, 0.2) is 58.7 Å². The number of sulfonamides is 1. The fourth-order valence-corrected chi connectivity index (χ4v) is 5.93. The van der Waals surface area contributed by atoms with Crippen LogP contribution in [-0.2, 0) is 27.8 Å². The molecule has 0 saturated carbocycles. The summed E-state index contributed by atoms with van der Waals surface area (Å²) in [5.74, 6) is -0.959. The molecule has 0 aliphatic carbocycles. The van der Waals surface area contributed by atoms with Gasteiger partial charge >= 0.3 is 12.1 Å². The third-order valence-electron chi connectivity index (χ3n) is 5.48. The number of imidazole rings is 1. The standard InChI is InChI=1S/C21H17F3N4O3S2/c22-21(23,24)19(29)28-8-7-14-11-16(5-6-18(14)28)33(30,31)26-15-3-1-13(2-4-15)17-12-27-9-10-32-20(27)25-17/h1-6,11-12,26H,7-10H2. The zero-order chi connectivity index (χ0) is 23.4. The minimum Gasteiger partial charge on any atom is -0.325 e. The van der Waals surface area contributed by atoms with Crippen LogP contribution in [-0.4, -0.2) is 42.3 Å². The van der Waals surface area contributed by atoms with E-state index in [1.54, 1.807) is 36.0 Å². The van der Waals surface area contributed by atoms with E-state index < -0.39 is 22.1 Å². The number of carbonyl (C=O) groups excluding carboxylic acids is 1. The number of aromatic nitrogens is 2. The maximum atomic E-state index is 12.8. The lowest BCUT2D eigenvalue weighted by molar-refractivity contribution is -0.170. The van der Waals surface area contributed by atoms with Gasteiger partial charge in [-0.2, -0.15) is 13.2 Å². The zero-order valence-corrected chi connectivity index (χ0v) is 18.6. The van der Waals surface area contributed by atoms with Gasteiger partial charge in [0.05, 0.1) is 10.6 Å². The summed E-state index contributed by atoms with van der Waals surface area (Å²) in [6.45, 7) is 0.760. The van der Waals surface area contributed by atoms with Crippen molar-refractivity contribution in [3.8, 4) is 11.3 Å². The molecule has 0 saturated heterocycles. The summed E-state index contributed by atoms with van der Waals surface area (Å²) in [5.41, 5.74) is 2.45. The average molecular weight is 495 g/mol. The van der Waals surface area contributed by atoms with Crippen LogP contribution in [0, 0.1) is 0 Å². The van der Waals surface area contributed by atoms with Gasteiger partial charge in [0.15, 0.2) is 5.16 Å². The number of amides is 1. The number of alkyl halides is 3. The van der Waals surface area contributed by atoms with Crippen molar-refractivity contribution in [3.05, 3.63) is 54.2 Å². The Labute approximate surface area is 191 Å². The van der Waals surface area contributed by atoms with Crippen LogP contribution < -0.4 is 9.62 Å². The van der Waals surface area contributed by atoms with Gasteiger partial charge in [-0.1, -0.05) is 23.9 Å². The molecule has 0 radical (unpaired) electrons. The number of benzene rings is 2. The molecule has 12 heteroatoms. The van der Waals surface area contributed by atoms with E-state index in [1.807, 2.05) is 6.20 Å². The first-order valence-corrected chi connectivity index (χ1v) is 12.4. The van der Waals surface area contributed by atoms with Crippen LogP contribution in [0.5, 0.6) is 0 Å². The number of anilines is 2. The Bertz CT molecular complexity index is 1330. The van der Waals surface area contributed by atoms with Gasteiger partial charge in [0.25, 0.3) is 10.0 Å². The quantitative estimate of drug-likeness (QED) is 0.595. The SMILES string of the molecule is O=C(N1CCc2cc(S(=O)(=O)Nc3ccc(-c4cn5c(n4)SCC5)cc3)ccc21)C(F)(F)F. The Balaban J connectivity index is 1.34. The molecule has 1 amide bonds. The molecular weight excluding hydrogens is 477 g/mol. The van der Waals surface area contributed by atoms with Crippen molar-refractivity contribution in [2.24, 2.45) is 0 Å². The topological polar surface area (TPSA) is 84.3 Å². The fraction of sp³-hybridized carbons (Fsp3) is 0.238. The summed E-state index contributed by atoms with van der Waals surface area (Å²) in [5, 5.41) is 0.960. The van der Waals surface area contributed by atoms with Gasteiger partial charge in [0, 0.05) is 42.0 Å². The number of hydrogen-bond donors (Lipinski definition) is 1. The van der Waals surface area contributed by atoms with Gasteiger partial charge in [-0.05, 0) is 42.3 Å². The molecule has 0 unspecified atom stereocenters. The number of nitrogens with zero attached hydrogens (tertiary/aromatic N) is 3. The molecule has 0 fully saturated rings. The van der Waals surface area contributed by atoms with E-state index in [2.05, 4.69) is 14.3 Å². The molecule has 0 atom stereocenters. The summed E-state index contributed by atoms with van der Waals surface area (Å²) in [7, 11) is -3.97. The summed E-state index contributed by atoms with van der Waals surface area (Å²) < 4.78 is 68.6. The lowest BCUT2D eigenvalue weighted by Gasteiger charge is -2.19. The Morgan fingerprint density at radius 3 is 2.55 bits per heavy atom. The van der Waals surface area contributed by atoms with Crippen LogP contribution in [0.25, 0.3) is 11.3 Å². The van der Waals surface area contributed by atoms with Gasteiger partial charge in [0.2, 0.25) is 0 Å². The van der Waals surface area contributed by atoms with Crippen molar-refractivity contribution in [3.63, 3.8) is 0 Å². The Morgan fingerprint density at radius 2 is 1.85 bits per heavy atom. The Hall–Kier alpha value is -2.99. The maximum Gasteiger partial charge on any atom is 0.471 e. The highest BCUT2D eigenvalue weighted by Gasteiger charge is 2.44. The first-order valence-electron chi connectivity index (χ1n) is 9.97. The van der Waals surface area contributed by atoms with E-state index in [-0.39, 0.29) is 23.5 Å². The smallest absolute Gasteiger partial charge is 0.325 e. The molecular formula is C21H17F3N4O3S2. The Morgan fingerprint density at radius 1 is 1.09 bits per heavy atom. The first kappa shape index (κ1) is 21.8. The van der Waals surface area contributed by atoms with E-state index in [0.29, 0.717) is 16.2 Å². The normalized spacial score (nSPS) is 15.4. The van der Waals surface area contributed by atoms with E-state index in [1.165, 1.54) is 18.2 Å². The number of hydrogen-bond acceptors (Lipinski definition) is 5. The number of thioether (sulfide) groups is 1. The van der Waals surface area contributed by atoms with Crippen LogP contribution >= 0.6 is 11.8 Å². The predicted octanol–water partition coefficient (Wildman–Crippen LogP) is 3.91. The molecule has 7 nitrogen and oxygen atoms in total. The lowest BCUT2D eigenvalue weighted by Crippen LogP contribution is -2.40. The number of halogens is 3. The molecule has 0 bridgehead atoms. The number of aryl methyl sites for hydroxylation is 1. The highest BCUT2D eigenvalue weighted by atomic mass is 32.2. The largest absolute Gasteiger partial charge is 0.471 e. The summed E-state index contributed by atoms with van der Waals surface area (Å²) in [6.07, 6.45) is -2.89. The average Bonchev–Trinajstić information content (AvgIpc) is 3.47. The van der Waals surface area contributed by atoms with Crippen molar-refractivity contribution in [1.29, 1.82) is 0 Å². The minimum atomic E-state index is -4.99. The second-order valence-corrected chi connectivity index (χ2v) is 10.4. The molecule has 2 aliphatic rings. The van der Waals surface area contributed by atoms with Gasteiger partial charge in [0.1, 0.15) is 0 Å². The van der Waals surface area contributed by atoms with E-state index in [9.17, 15) is 26.4 Å². The van der Waals surface area contributed by atoms with Gasteiger partial charge in [-0.15, -0.1) is 0 Å². The molecule has 3 heterocycles. The van der Waals surface area contributed by atoms with Gasteiger partial charge in [-0.3, -0.25) is 9.52 Å². The first-order chi connectivity index (χ1) is 15.6. The van der Waals surface area contributed by atoms with E-state index in [4.69, 9.17) is 0 Å². The fourth-order valence-electron chi connectivity index (χ4n) is 3.88. The third kappa shape index (κ3) is 4.08. The van der Waals surface area contributed by atoms with Gasteiger partial charge in [-0.25, -0.2) is 13.4 Å². The van der Waals surface area contributed by atoms with Crippen LogP contribution in [0.3, 0.4) is 0 Å². The maximum absolute atomic E-state index is 12.8. The molecule has 1 N–H and O–H groups in total. The molecule has 5 rings (SSSR count). The van der Waals surface area contributed by atoms with Crippen LogP contribution in [0.4, 0.5) is 24.5 Å². The minimum absolute atomic E-state index is 0.0748. The number of nitrogens with one attached hydrogen (secondary N) is 1. The number of carbonyl (C=O) groups is 1. The van der Waals surface area contributed by atoms with E-state index in [0.717, 1.165) is 28.7 Å². The van der Waals surface area contributed by atoms with E-state index >= 15 is 0 Å². The summed E-state index contributed by atoms with van der Waals surface area (Å²) in [4.78, 5) is 16.7. The van der Waals surface area contributed by atoms with Crippen LogP contribution in [0.1, 0.15) is 5.56 Å². The van der Waals surface area contributed by atoms with Crippen LogP contribution in [0.2, 0.25) is 0 Å². The Kier molecular flexibility index (Phi) is 5.16. The highest BCUT2D eigenvalue weighted by Crippen LogP contribution is 2.34. The molecule has 2 aliphatic heterocycles. The summed E-state index contributed by atoms with van der Waals surface area (Å²) in [6, 6.07) is 10.5. The third-order valence-corrected chi connectivity index (χ3v) is 7.83. The molecule has 1 aromatic heterocycles. The molecule has 33 heavy (non-hydrogen) atoms. The molecule has 3 aromatic rings. The highest BCUT2D eigenvalue weighted by molar-refractivity contribution is 7.99. The predicted molar refractivity (Wildman–Crippen MR) is 118 cm³/mol. The number of rotatable bonds is 4. The second-order valence-electron chi connectivity index (χ2n) is 7.63. The number of fused-ring (bicyclic) bond motifs is 2. The van der Waals surface area contributed by atoms with Crippen molar-refractivity contribution >= 4 is 39.1 Å². The second kappa shape index (κ2) is 7.80. The summed E-state index contributed by atoms with van der Waals surface area (Å²) >= 11 is 1.69. The van der Waals surface area contributed by atoms with Crippen molar-refractivity contribution in [2.75, 3.05) is 21.9 Å². The monoisotopic (exact) mass is 494 g/mol. The zero-order valence-electron chi connectivity index (χ0n) is 17.0. The lowest BCUT2D eigenvalue weighted by atomic mass is 10.1. The molecule has 172 valence electrons. The van der Waals surface area contributed by atoms with Gasteiger partial charge < -0.3 is 9.47 Å². The molecule has 0 spiro atoms.